The minimum Gasteiger partial charge on any atom is -0.494 e. The normalized spacial score (nSPS) is 11.1. The van der Waals surface area contributed by atoms with Crippen LogP contribution in [0.4, 0.5) is 5.13 Å². The predicted molar refractivity (Wildman–Crippen MR) is 136 cm³/mol. The van der Waals surface area contributed by atoms with Gasteiger partial charge in [-0.2, -0.15) is 0 Å². The highest BCUT2D eigenvalue weighted by Gasteiger charge is 2.16. The van der Waals surface area contributed by atoms with Crippen molar-refractivity contribution in [2.24, 2.45) is 0 Å². The molecule has 0 radical (unpaired) electrons. The molecular formula is C25H22N4O3S2. The van der Waals surface area contributed by atoms with Gasteiger partial charge in [0.2, 0.25) is 5.91 Å². The van der Waals surface area contributed by atoms with Gasteiger partial charge in [0.25, 0.3) is 0 Å². The van der Waals surface area contributed by atoms with Crippen molar-refractivity contribution in [2.45, 2.75) is 18.6 Å². The Morgan fingerprint density at radius 3 is 2.85 bits per heavy atom. The van der Waals surface area contributed by atoms with Crippen LogP contribution in [0.5, 0.6) is 5.75 Å². The topological polar surface area (TPSA) is 82.2 Å². The first-order chi connectivity index (χ1) is 16.7. The van der Waals surface area contributed by atoms with Gasteiger partial charge in [-0.25, -0.2) is 9.97 Å². The van der Waals surface area contributed by atoms with Gasteiger partial charge in [-0.3, -0.25) is 4.79 Å². The van der Waals surface area contributed by atoms with Crippen LogP contribution in [-0.4, -0.2) is 32.8 Å². The summed E-state index contributed by atoms with van der Waals surface area (Å²) in [5.74, 6) is 1.69. The number of imidazole rings is 1. The molecule has 0 unspecified atom stereocenters. The molecule has 1 amide bonds. The molecule has 0 fully saturated rings. The highest BCUT2D eigenvalue weighted by molar-refractivity contribution is 7.99. The lowest BCUT2D eigenvalue weighted by atomic mass is 10.2. The molecular weight excluding hydrogens is 468 g/mol. The van der Waals surface area contributed by atoms with E-state index in [4.69, 9.17) is 9.15 Å². The Kier molecular flexibility index (Phi) is 6.64. The number of nitrogens with one attached hydrogen (secondary N) is 1. The second-order valence-electron chi connectivity index (χ2n) is 7.38. The van der Waals surface area contributed by atoms with Crippen molar-refractivity contribution in [3.8, 4) is 17.0 Å². The molecule has 0 aliphatic heterocycles. The molecule has 5 aromatic rings. The van der Waals surface area contributed by atoms with Gasteiger partial charge in [-0.05, 0) is 42.8 Å². The second-order valence-corrected chi connectivity index (χ2v) is 9.35. The smallest absolute Gasteiger partial charge is 0.236 e. The largest absolute Gasteiger partial charge is 0.494 e. The van der Waals surface area contributed by atoms with Crippen molar-refractivity contribution in [3.63, 3.8) is 0 Å². The summed E-state index contributed by atoms with van der Waals surface area (Å²) in [4.78, 5) is 21.8. The van der Waals surface area contributed by atoms with Crippen molar-refractivity contribution < 1.29 is 13.9 Å². The van der Waals surface area contributed by atoms with E-state index in [0.29, 0.717) is 18.3 Å². The number of carbonyl (C=O) groups is 1. The fraction of sp³-hybridized carbons (Fsp3) is 0.160. The monoisotopic (exact) mass is 490 g/mol. The van der Waals surface area contributed by atoms with Crippen LogP contribution in [0.25, 0.3) is 21.5 Å². The quantitative estimate of drug-likeness (QED) is 0.258. The lowest BCUT2D eigenvalue weighted by Crippen LogP contribution is -2.14. The van der Waals surface area contributed by atoms with Gasteiger partial charge in [-0.15, -0.1) is 0 Å². The molecule has 0 aliphatic carbocycles. The van der Waals surface area contributed by atoms with Crippen LogP contribution < -0.4 is 10.1 Å². The summed E-state index contributed by atoms with van der Waals surface area (Å²) < 4.78 is 14.1. The number of thiazole rings is 1. The van der Waals surface area contributed by atoms with E-state index >= 15 is 0 Å². The maximum atomic E-state index is 12.7. The summed E-state index contributed by atoms with van der Waals surface area (Å²) in [6.45, 7) is 3.08. The van der Waals surface area contributed by atoms with E-state index in [1.54, 1.807) is 6.26 Å². The maximum absolute atomic E-state index is 12.7. The number of hydrogen-bond donors (Lipinski definition) is 1. The third-order valence-corrected chi connectivity index (χ3v) is 6.96. The van der Waals surface area contributed by atoms with Crippen LogP contribution in [0, 0.1) is 0 Å². The van der Waals surface area contributed by atoms with Crippen molar-refractivity contribution in [3.05, 3.63) is 78.9 Å². The molecule has 0 saturated heterocycles. The van der Waals surface area contributed by atoms with Crippen LogP contribution in [0.3, 0.4) is 0 Å². The second kappa shape index (κ2) is 10.1. The predicted octanol–water partition coefficient (Wildman–Crippen LogP) is 5.93. The number of aromatic nitrogens is 3. The van der Waals surface area contributed by atoms with Crippen LogP contribution in [-0.2, 0) is 11.3 Å². The van der Waals surface area contributed by atoms with Crippen LogP contribution in [0.15, 0.2) is 82.7 Å². The molecule has 3 aromatic heterocycles. The molecule has 34 heavy (non-hydrogen) atoms. The Bertz CT molecular complexity index is 1390. The van der Waals surface area contributed by atoms with E-state index in [1.165, 1.54) is 23.1 Å². The summed E-state index contributed by atoms with van der Waals surface area (Å²) in [5, 5.41) is 4.22. The van der Waals surface area contributed by atoms with Gasteiger partial charge in [0.15, 0.2) is 10.3 Å². The highest BCUT2D eigenvalue weighted by Crippen LogP contribution is 2.30. The number of carbonyl (C=O) groups excluding carboxylic acids is 1. The lowest BCUT2D eigenvalue weighted by Gasteiger charge is -2.10. The molecule has 2 aromatic carbocycles. The zero-order valence-electron chi connectivity index (χ0n) is 18.4. The number of rotatable bonds is 9. The molecule has 0 spiro atoms. The molecule has 5 rings (SSSR count). The van der Waals surface area contributed by atoms with Gasteiger partial charge < -0.3 is 19.0 Å². The first kappa shape index (κ1) is 22.2. The van der Waals surface area contributed by atoms with E-state index in [2.05, 4.69) is 19.9 Å². The molecule has 172 valence electrons. The SMILES string of the molecule is CCOc1ccc2nc(NC(=O)CSc3ncc(-c4ccccc4)n3Cc3ccco3)sc2c1. The van der Waals surface area contributed by atoms with E-state index < -0.39 is 0 Å². The number of hydrogen-bond acceptors (Lipinski definition) is 7. The Balaban J connectivity index is 1.30. The summed E-state index contributed by atoms with van der Waals surface area (Å²) in [7, 11) is 0. The zero-order valence-corrected chi connectivity index (χ0v) is 20.1. The van der Waals surface area contributed by atoms with Gasteiger partial charge >= 0.3 is 0 Å². The summed E-state index contributed by atoms with van der Waals surface area (Å²) in [6.07, 6.45) is 3.49. The van der Waals surface area contributed by atoms with Crippen molar-refractivity contribution in [1.82, 2.24) is 14.5 Å². The minimum atomic E-state index is -0.136. The number of ether oxygens (including phenoxy) is 1. The third kappa shape index (κ3) is 5.00. The molecule has 0 atom stereocenters. The maximum Gasteiger partial charge on any atom is 0.236 e. The molecule has 0 saturated carbocycles. The molecule has 1 N–H and O–H groups in total. The van der Waals surface area contributed by atoms with Gasteiger partial charge in [0.05, 0.1) is 47.3 Å². The summed E-state index contributed by atoms with van der Waals surface area (Å²) in [6, 6.07) is 19.6. The summed E-state index contributed by atoms with van der Waals surface area (Å²) in [5.41, 5.74) is 2.85. The highest BCUT2D eigenvalue weighted by atomic mass is 32.2. The third-order valence-electron chi connectivity index (χ3n) is 5.03. The molecule has 0 aliphatic rings. The minimum absolute atomic E-state index is 0.136. The average Bonchev–Trinajstić information content (AvgIpc) is 3.59. The van der Waals surface area contributed by atoms with Gasteiger partial charge in [0.1, 0.15) is 11.5 Å². The fourth-order valence-electron chi connectivity index (χ4n) is 3.52. The van der Waals surface area contributed by atoms with Crippen molar-refractivity contribution in [2.75, 3.05) is 17.7 Å². The Labute approximate surface area is 204 Å². The lowest BCUT2D eigenvalue weighted by molar-refractivity contribution is -0.113. The average molecular weight is 491 g/mol. The van der Waals surface area contributed by atoms with E-state index in [0.717, 1.165) is 38.1 Å². The number of amides is 1. The zero-order chi connectivity index (χ0) is 23.3. The van der Waals surface area contributed by atoms with Gasteiger partial charge in [-0.1, -0.05) is 53.4 Å². The molecule has 7 nitrogen and oxygen atoms in total. The molecule has 0 bridgehead atoms. The molecule has 9 heteroatoms. The number of anilines is 1. The Morgan fingerprint density at radius 1 is 1.18 bits per heavy atom. The van der Waals surface area contributed by atoms with E-state index in [-0.39, 0.29) is 11.7 Å². The summed E-state index contributed by atoms with van der Waals surface area (Å²) >= 11 is 2.81. The number of furan rings is 1. The van der Waals surface area contributed by atoms with E-state index in [1.807, 2.05) is 73.8 Å². The van der Waals surface area contributed by atoms with Crippen LogP contribution in [0.1, 0.15) is 12.7 Å². The van der Waals surface area contributed by atoms with Crippen LogP contribution in [0.2, 0.25) is 0 Å². The number of fused-ring (bicyclic) bond motifs is 1. The number of nitrogens with zero attached hydrogens (tertiary/aromatic N) is 3. The Morgan fingerprint density at radius 2 is 2.06 bits per heavy atom. The first-order valence-corrected chi connectivity index (χ1v) is 12.6. The number of benzene rings is 2. The van der Waals surface area contributed by atoms with Gasteiger partial charge in [0, 0.05) is 0 Å². The standard InChI is InChI=1S/C25H22N4O3S2/c1-2-31-18-10-11-20-22(13-18)34-24(27-20)28-23(30)16-33-25-26-14-21(17-7-4-3-5-8-17)29(25)15-19-9-6-12-32-19/h3-14H,2,15-16H2,1H3,(H,27,28,30). The first-order valence-electron chi connectivity index (χ1n) is 10.8. The number of thioether (sulfide) groups is 1. The van der Waals surface area contributed by atoms with E-state index in [9.17, 15) is 4.79 Å². The van der Waals surface area contributed by atoms with Crippen molar-refractivity contribution >= 4 is 44.4 Å². The fourth-order valence-corrected chi connectivity index (χ4v) is 5.21. The molecule has 3 heterocycles. The van der Waals surface area contributed by atoms with Crippen molar-refractivity contribution in [1.29, 1.82) is 0 Å². The van der Waals surface area contributed by atoms with Crippen LogP contribution >= 0.6 is 23.1 Å². The Hall–Kier alpha value is -3.56.